The average molecular weight is 453 g/mol. The zero-order valence-electron chi connectivity index (χ0n) is 17.4. The first-order chi connectivity index (χ1) is 14.7. The van der Waals surface area contributed by atoms with Crippen molar-refractivity contribution in [3.63, 3.8) is 0 Å². The molecule has 0 aliphatic rings. The number of ether oxygens (including phenoxy) is 3. The molecular formula is C18H23N5O7S. The Kier molecular flexibility index (Phi) is 8.22. The second kappa shape index (κ2) is 10.6. The Morgan fingerprint density at radius 1 is 1.03 bits per heavy atom. The molecule has 0 saturated carbocycles. The lowest BCUT2D eigenvalue weighted by Gasteiger charge is -2.12. The van der Waals surface area contributed by atoms with Crippen molar-refractivity contribution in [1.82, 2.24) is 19.7 Å². The minimum absolute atomic E-state index is 0.0854. The van der Waals surface area contributed by atoms with Crippen molar-refractivity contribution in [3.8, 4) is 12.0 Å². The average Bonchev–Trinajstić information content (AvgIpc) is 2.75. The molecule has 0 spiro atoms. The van der Waals surface area contributed by atoms with Gasteiger partial charge in [-0.3, -0.25) is 10.1 Å². The van der Waals surface area contributed by atoms with Crippen LogP contribution >= 0.6 is 0 Å². The SMILES string of the molecule is COc1nc(NC(=O)CNS(=O)(=O)c2ccccc2C(=O)OCC(C)C)nc(OC)n1. The molecule has 0 fully saturated rings. The highest BCUT2D eigenvalue weighted by molar-refractivity contribution is 7.89. The molecule has 0 atom stereocenters. The van der Waals surface area contributed by atoms with E-state index in [-0.39, 0.29) is 41.0 Å². The fourth-order valence-corrected chi connectivity index (χ4v) is 3.35. The normalized spacial score (nSPS) is 11.1. The lowest BCUT2D eigenvalue weighted by Crippen LogP contribution is -2.34. The monoisotopic (exact) mass is 453 g/mol. The minimum Gasteiger partial charge on any atom is -0.467 e. The van der Waals surface area contributed by atoms with Crippen LogP contribution in [-0.4, -0.2) is 62.6 Å². The Bertz CT molecular complexity index is 1020. The van der Waals surface area contributed by atoms with Crippen molar-refractivity contribution >= 4 is 27.8 Å². The predicted molar refractivity (Wildman–Crippen MR) is 108 cm³/mol. The smallest absolute Gasteiger partial charge is 0.339 e. The zero-order valence-corrected chi connectivity index (χ0v) is 18.2. The number of sulfonamides is 1. The molecule has 31 heavy (non-hydrogen) atoms. The van der Waals surface area contributed by atoms with Gasteiger partial charge in [-0.2, -0.15) is 9.97 Å². The molecule has 0 aliphatic heterocycles. The third kappa shape index (κ3) is 6.86. The Morgan fingerprint density at radius 2 is 1.65 bits per heavy atom. The van der Waals surface area contributed by atoms with E-state index in [9.17, 15) is 18.0 Å². The molecule has 13 heteroatoms. The number of rotatable bonds is 10. The van der Waals surface area contributed by atoms with Gasteiger partial charge in [-0.25, -0.2) is 17.9 Å². The molecule has 12 nitrogen and oxygen atoms in total. The molecule has 1 aromatic carbocycles. The minimum atomic E-state index is -4.20. The number of hydrogen-bond acceptors (Lipinski definition) is 10. The van der Waals surface area contributed by atoms with Gasteiger partial charge in [-0.1, -0.05) is 26.0 Å². The van der Waals surface area contributed by atoms with Crippen molar-refractivity contribution in [2.75, 3.05) is 32.7 Å². The lowest BCUT2D eigenvalue weighted by molar-refractivity contribution is -0.115. The second-order valence-corrected chi connectivity index (χ2v) is 8.23. The van der Waals surface area contributed by atoms with E-state index in [0.717, 1.165) is 0 Å². The first kappa shape index (κ1) is 24.0. The van der Waals surface area contributed by atoms with Crippen LogP contribution in [0.5, 0.6) is 12.0 Å². The number of nitrogens with zero attached hydrogens (tertiary/aromatic N) is 3. The van der Waals surface area contributed by atoms with Gasteiger partial charge in [0.05, 0.1) is 37.8 Å². The second-order valence-electron chi connectivity index (χ2n) is 6.49. The Balaban J connectivity index is 2.10. The number of anilines is 1. The molecule has 0 unspecified atom stereocenters. The van der Waals surface area contributed by atoms with Crippen LogP contribution in [0.2, 0.25) is 0 Å². The summed E-state index contributed by atoms with van der Waals surface area (Å²) in [4.78, 5) is 35.6. The molecule has 2 N–H and O–H groups in total. The van der Waals surface area contributed by atoms with Crippen molar-refractivity contribution < 1.29 is 32.2 Å². The lowest BCUT2D eigenvalue weighted by atomic mass is 10.2. The van der Waals surface area contributed by atoms with Crippen molar-refractivity contribution in [1.29, 1.82) is 0 Å². The van der Waals surface area contributed by atoms with Crippen molar-refractivity contribution in [3.05, 3.63) is 29.8 Å². The molecule has 2 rings (SSSR count). The number of carbonyl (C=O) groups is 2. The molecule has 1 amide bonds. The fraction of sp³-hybridized carbons (Fsp3) is 0.389. The number of amides is 1. The van der Waals surface area contributed by atoms with Crippen LogP contribution in [-0.2, 0) is 19.6 Å². The fourth-order valence-electron chi connectivity index (χ4n) is 2.17. The van der Waals surface area contributed by atoms with Crippen LogP contribution in [0, 0.1) is 5.92 Å². The highest BCUT2D eigenvalue weighted by atomic mass is 32.2. The van der Waals surface area contributed by atoms with E-state index in [1.54, 1.807) is 0 Å². The first-order valence-corrected chi connectivity index (χ1v) is 10.5. The molecule has 1 aromatic heterocycles. The van der Waals surface area contributed by atoms with E-state index in [1.165, 1.54) is 38.5 Å². The van der Waals surface area contributed by atoms with E-state index in [0.29, 0.717) is 0 Å². The summed E-state index contributed by atoms with van der Waals surface area (Å²) in [7, 11) is -1.57. The maximum absolute atomic E-state index is 12.7. The van der Waals surface area contributed by atoms with Crippen LogP contribution < -0.4 is 19.5 Å². The number of hydrogen-bond donors (Lipinski definition) is 2. The predicted octanol–water partition coefficient (Wildman–Crippen LogP) is 0.619. The van der Waals surface area contributed by atoms with Gasteiger partial charge in [0.15, 0.2) is 0 Å². The van der Waals surface area contributed by atoms with Crippen molar-refractivity contribution in [2.24, 2.45) is 5.92 Å². The molecule has 2 aromatic rings. The summed E-state index contributed by atoms with van der Waals surface area (Å²) in [5.74, 6) is -1.64. The number of nitrogens with one attached hydrogen (secondary N) is 2. The molecular weight excluding hydrogens is 430 g/mol. The van der Waals surface area contributed by atoms with E-state index < -0.39 is 28.4 Å². The van der Waals surface area contributed by atoms with Gasteiger partial charge in [0.1, 0.15) is 0 Å². The summed E-state index contributed by atoms with van der Waals surface area (Å²) < 4.78 is 42.3. The Labute approximate surface area is 179 Å². The summed E-state index contributed by atoms with van der Waals surface area (Å²) in [6.45, 7) is 3.21. The number of carbonyl (C=O) groups excluding carboxylic acids is 2. The highest BCUT2D eigenvalue weighted by Crippen LogP contribution is 2.17. The summed E-state index contributed by atoms with van der Waals surface area (Å²) in [6.07, 6.45) is 0. The van der Waals surface area contributed by atoms with Gasteiger partial charge < -0.3 is 14.2 Å². The van der Waals surface area contributed by atoms with Crippen LogP contribution in [0.4, 0.5) is 5.95 Å². The van der Waals surface area contributed by atoms with E-state index in [2.05, 4.69) is 25.0 Å². The molecule has 0 saturated heterocycles. The molecule has 168 valence electrons. The summed E-state index contributed by atoms with van der Waals surface area (Å²) >= 11 is 0. The zero-order chi connectivity index (χ0) is 23.0. The van der Waals surface area contributed by atoms with Gasteiger partial charge in [-0.05, 0) is 18.1 Å². The van der Waals surface area contributed by atoms with Crippen LogP contribution in [0.3, 0.4) is 0 Å². The van der Waals surface area contributed by atoms with Crippen LogP contribution in [0.25, 0.3) is 0 Å². The van der Waals surface area contributed by atoms with Crippen molar-refractivity contribution in [2.45, 2.75) is 18.7 Å². The Morgan fingerprint density at radius 3 is 2.23 bits per heavy atom. The largest absolute Gasteiger partial charge is 0.467 e. The topological polar surface area (TPSA) is 159 Å². The molecule has 0 aliphatic carbocycles. The van der Waals surface area contributed by atoms with Gasteiger partial charge in [0.2, 0.25) is 21.9 Å². The summed E-state index contributed by atoms with van der Waals surface area (Å²) in [5.41, 5.74) is -0.136. The van der Waals surface area contributed by atoms with E-state index >= 15 is 0 Å². The maximum atomic E-state index is 12.7. The first-order valence-electron chi connectivity index (χ1n) is 9.06. The van der Waals surface area contributed by atoms with Gasteiger partial charge in [-0.15, -0.1) is 4.98 Å². The third-order valence-electron chi connectivity index (χ3n) is 3.58. The number of methoxy groups -OCH3 is 2. The maximum Gasteiger partial charge on any atom is 0.339 e. The number of esters is 1. The van der Waals surface area contributed by atoms with E-state index in [1.807, 2.05) is 13.8 Å². The van der Waals surface area contributed by atoms with Crippen LogP contribution in [0.1, 0.15) is 24.2 Å². The van der Waals surface area contributed by atoms with E-state index in [4.69, 9.17) is 14.2 Å². The molecule has 1 heterocycles. The van der Waals surface area contributed by atoms with Gasteiger partial charge >= 0.3 is 18.0 Å². The molecule has 0 bridgehead atoms. The number of aromatic nitrogens is 3. The van der Waals surface area contributed by atoms with Crippen LogP contribution in [0.15, 0.2) is 29.2 Å². The molecule has 0 radical (unpaired) electrons. The van der Waals surface area contributed by atoms with Gasteiger partial charge in [0.25, 0.3) is 0 Å². The number of benzene rings is 1. The standard InChI is InChI=1S/C18H23N5O7S/c1-11(2)10-30-15(25)12-7-5-6-8-13(12)31(26,27)19-9-14(24)20-16-21-17(28-3)23-18(22-16)29-4/h5-8,11,19H,9-10H2,1-4H3,(H,20,21,22,23,24). The third-order valence-corrected chi connectivity index (χ3v) is 5.04. The Hall–Kier alpha value is -3.32. The highest BCUT2D eigenvalue weighted by Gasteiger charge is 2.24. The summed E-state index contributed by atoms with van der Waals surface area (Å²) in [6, 6.07) is 5.35. The quantitative estimate of drug-likeness (QED) is 0.488. The van der Waals surface area contributed by atoms with Gasteiger partial charge in [0, 0.05) is 0 Å². The summed E-state index contributed by atoms with van der Waals surface area (Å²) in [5, 5.41) is 2.31.